The van der Waals surface area contributed by atoms with Crippen molar-refractivity contribution < 1.29 is 9.59 Å². The second-order valence-corrected chi connectivity index (χ2v) is 8.88. The zero-order valence-electron chi connectivity index (χ0n) is 16.4. The molecule has 28 heavy (non-hydrogen) atoms. The van der Waals surface area contributed by atoms with Crippen molar-refractivity contribution in [2.24, 2.45) is 11.8 Å². The SMILES string of the molecule is O=C(NCc1ccccc1Cl)C1CCCN(C2CCN(C(=O)C3CC3)CC2)C1. The van der Waals surface area contributed by atoms with Gasteiger partial charge in [0.2, 0.25) is 11.8 Å². The predicted molar refractivity (Wildman–Crippen MR) is 110 cm³/mol. The average Bonchev–Trinajstić information content (AvgIpc) is 3.58. The van der Waals surface area contributed by atoms with Crippen LogP contribution in [0.3, 0.4) is 0 Å². The van der Waals surface area contributed by atoms with Gasteiger partial charge in [0.1, 0.15) is 0 Å². The number of amides is 2. The van der Waals surface area contributed by atoms with E-state index in [0.717, 1.165) is 70.3 Å². The maximum atomic E-state index is 12.7. The van der Waals surface area contributed by atoms with Crippen molar-refractivity contribution in [3.63, 3.8) is 0 Å². The Bertz CT molecular complexity index is 713. The minimum absolute atomic E-state index is 0.0439. The summed E-state index contributed by atoms with van der Waals surface area (Å²) >= 11 is 6.19. The first-order valence-corrected chi connectivity index (χ1v) is 11.0. The van der Waals surface area contributed by atoms with E-state index in [2.05, 4.69) is 15.1 Å². The number of nitrogens with zero attached hydrogens (tertiary/aromatic N) is 2. The summed E-state index contributed by atoms with van der Waals surface area (Å²) in [5, 5.41) is 3.77. The Hall–Kier alpha value is -1.59. The summed E-state index contributed by atoms with van der Waals surface area (Å²) in [6.45, 7) is 4.13. The van der Waals surface area contributed by atoms with Crippen LogP contribution in [0.5, 0.6) is 0 Å². The Labute approximate surface area is 172 Å². The van der Waals surface area contributed by atoms with E-state index < -0.39 is 0 Å². The summed E-state index contributed by atoms with van der Waals surface area (Å²) in [6, 6.07) is 8.15. The van der Waals surface area contributed by atoms with Crippen molar-refractivity contribution in [3.05, 3.63) is 34.9 Å². The molecule has 1 unspecified atom stereocenters. The highest BCUT2D eigenvalue weighted by atomic mass is 35.5. The molecule has 0 radical (unpaired) electrons. The highest BCUT2D eigenvalue weighted by molar-refractivity contribution is 6.31. The summed E-state index contributed by atoms with van der Waals surface area (Å²) in [7, 11) is 0. The van der Waals surface area contributed by atoms with Crippen LogP contribution in [-0.2, 0) is 16.1 Å². The van der Waals surface area contributed by atoms with Crippen LogP contribution in [0.4, 0.5) is 0 Å². The van der Waals surface area contributed by atoms with Gasteiger partial charge in [-0.25, -0.2) is 0 Å². The fraction of sp³-hybridized carbons (Fsp3) is 0.636. The Balaban J connectivity index is 1.25. The summed E-state index contributed by atoms with van der Waals surface area (Å²) in [5.74, 6) is 0.861. The molecule has 1 aromatic carbocycles. The number of rotatable bonds is 5. The second-order valence-electron chi connectivity index (χ2n) is 8.47. The normalized spacial score (nSPS) is 24.2. The van der Waals surface area contributed by atoms with Crippen LogP contribution in [0.25, 0.3) is 0 Å². The topological polar surface area (TPSA) is 52.7 Å². The fourth-order valence-corrected chi connectivity index (χ4v) is 4.76. The van der Waals surface area contributed by atoms with Gasteiger partial charge in [0, 0.05) is 43.2 Å². The molecule has 1 atom stereocenters. The van der Waals surface area contributed by atoms with E-state index in [1.165, 1.54) is 0 Å². The molecule has 0 spiro atoms. The number of piperidine rings is 2. The molecule has 1 N–H and O–H groups in total. The minimum Gasteiger partial charge on any atom is -0.352 e. The van der Waals surface area contributed by atoms with Crippen molar-refractivity contribution in [2.45, 2.75) is 51.1 Å². The largest absolute Gasteiger partial charge is 0.352 e. The zero-order valence-corrected chi connectivity index (χ0v) is 17.2. The standard InChI is InChI=1S/C22H30ClN3O2/c23-20-6-2-1-4-17(20)14-24-21(27)18-5-3-11-26(15-18)19-9-12-25(13-10-19)22(28)16-7-8-16/h1-2,4,6,16,18-19H,3,5,7-15H2,(H,24,27). The molecule has 3 aliphatic rings. The number of carbonyl (C=O) groups excluding carboxylic acids is 2. The van der Waals surface area contributed by atoms with E-state index in [0.29, 0.717) is 29.4 Å². The lowest BCUT2D eigenvalue weighted by Crippen LogP contribution is -2.51. The van der Waals surface area contributed by atoms with Gasteiger partial charge in [-0.1, -0.05) is 29.8 Å². The first-order valence-electron chi connectivity index (χ1n) is 10.7. The predicted octanol–water partition coefficient (Wildman–Crippen LogP) is 3.07. The smallest absolute Gasteiger partial charge is 0.225 e. The molecule has 6 heteroatoms. The van der Waals surface area contributed by atoms with Crippen LogP contribution in [0.1, 0.15) is 44.1 Å². The van der Waals surface area contributed by atoms with Crippen molar-refractivity contribution in [3.8, 4) is 0 Å². The van der Waals surface area contributed by atoms with Crippen LogP contribution in [0.2, 0.25) is 5.02 Å². The van der Waals surface area contributed by atoms with Crippen molar-refractivity contribution in [2.75, 3.05) is 26.2 Å². The number of hydrogen-bond donors (Lipinski definition) is 1. The molecule has 152 valence electrons. The van der Waals surface area contributed by atoms with Crippen molar-refractivity contribution in [1.29, 1.82) is 0 Å². The third-order valence-corrected chi connectivity index (χ3v) is 6.82. The van der Waals surface area contributed by atoms with E-state index in [-0.39, 0.29) is 11.8 Å². The summed E-state index contributed by atoms with van der Waals surface area (Å²) < 4.78 is 0. The van der Waals surface area contributed by atoms with Crippen molar-refractivity contribution >= 4 is 23.4 Å². The third-order valence-electron chi connectivity index (χ3n) is 6.45. The quantitative estimate of drug-likeness (QED) is 0.822. The Morgan fingerprint density at radius 1 is 1.00 bits per heavy atom. The highest BCUT2D eigenvalue weighted by Gasteiger charge is 2.37. The molecular weight excluding hydrogens is 374 g/mol. The van der Waals surface area contributed by atoms with Crippen molar-refractivity contribution in [1.82, 2.24) is 15.1 Å². The zero-order chi connectivity index (χ0) is 19.5. The molecule has 2 saturated heterocycles. The molecule has 1 saturated carbocycles. The van der Waals surface area contributed by atoms with E-state index in [4.69, 9.17) is 11.6 Å². The lowest BCUT2D eigenvalue weighted by Gasteiger charge is -2.42. The molecule has 2 heterocycles. The van der Waals surface area contributed by atoms with Gasteiger partial charge in [-0.05, 0) is 56.7 Å². The molecular formula is C22H30ClN3O2. The average molecular weight is 404 g/mol. The minimum atomic E-state index is 0.0439. The maximum Gasteiger partial charge on any atom is 0.225 e. The summed E-state index contributed by atoms with van der Waals surface area (Å²) in [6.07, 6.45) is 6.24. The molecule has 4 rings (SSSR count). The number of carbonyl (C=O) groups is 2. The van der Waals surface area contributed by atoms with E-state index in [1.54, 1.807) is 0 Å². The molecule has 2 aliphatic heterocycles. The molecule has 0 bridgehead atoms. The van der Waals surface area contributed by atoms with E-state index >= 15 is 0 Å². The Morgan fingerprint density at radius 2 is 1.75 bits per heavy atom. The van der Waals surface area contributed by atoms with Gasteiger partial charge >= 0.3 is 0 Å². The van der Waals surface area contributed by atoms with Crippen LogP contribution < -0.4 is 5.32 Å². The number of likely N-dealkylation sites (tertiary alicyclic amines) is 2. The highest BCUT2D eigenvalue weighted by Crippen LogP contribution is 2.32. The Kier molecular flexibility index (Phi) is 6.22. The van der Waals surface area contributed by atoms with Crippen LogP contribution in [0, 0.1) is 11.8 Å². The van der Waals surface area contributed by atoms with Crippen LogP contribution in [0.15, 0.2) is 24.3 Å². The first-order chi connectivity index (χ1) is 13.6. The van der Waals surface area contributed by atoms with Gasteiger partial charge in [0.15, 0.2) is 0 Å². The van der Waals surface area contributed by atoms with Crippen LogP contribution in [-0.4, -0.2) is 53.8 Å². The van der Waals surface area contributed by atoms with E-state index in [9.17, 15) is 9.59 Å². The maximum absolute atomic E-state index is 12.7. The second kappa shape index (κ2) is 8.83. The molecule has 1 aliphatic carbocycles. The molecule has 5 nitrogen and oxygen atoms in total. The van der Waals surface area contributed by atoms with Gasteiger partial charge < -0.3 is 10.2 Å². The number of nitrogens with one attached hydrogen (secondary N) is 1. The molecule has 2 amide bonds. The lowest BCUT2D eigenvalue weighted by molar-refractivity contribution is -0.134. The van der Waals surface area contributed by atoms with Crippen LogP contribution >= 0.6 is 11.6 Å². The van der Waals surface area contributed by atoms with Gasteiger partial charge in [-0.15, -0.1) is 0 Å². The van der Waals surface area contributed by atoms with Gasteiger partial charge in [-0.2, -0.15) is 0 Å². The monoisotopic (exact) mass is 403 g/mol. The molecule has 0 aromatic heterocycles. The Morgan fingerprint density at radius 3 is 2.46 bits per heavy atom. The molecule has 1 aromatic rings. The lowest BCUT2D eigenvalue weighted by atomic mass is 9.93. The van der Waals surface area contributed by atoms with Gasteiger partial charge in [0.05, 0.1) is 5.92 Å². The third kappa shape index (κ3) is 4.69. The number of hydrogen-bond acceptors (Lipinski definition) is 3. The van der Waals surface area contributed by atoms with Gasteiger partial charge in [0.25, 0.3) is 0 Å². The number of halogens is 1. The van der Waals surface area contributed by atoms with E-state index in [1.807, 2.05) is 24.3 Å². The fourth-order valence-electron chi connectivity index (χ4n) is 4.56. The van der Waals surface area contributed by atoms with Gasteiger partial charge in [-0.3, -0.25) is 14.5 Å². The molecule has 3 fully saturated rings. The summed E-state index contributed by atoms with van der Waals surface area (Å²) in [5.41, 5.74) is 0.956. The first kappa shape index (κ1) is 19.7. The summed E-state index contributed by atoms with van der Waals surface area (Å²) in [4.78, 5) is 29.5. The number of benzene rings is 1.